The summed E-state index contributed by atoms with van der Waals surface area (Å²) in [5.41, 5.74) is 2.35. The average molecular weight is 471 g/mol. The number of thiocarbonyl (C=S) groups is 1. The third-order valence-corrected chi connectivity index (χ3v) is 5.13. The quantitative estimate of drug-likeness (QED) is 0.162. The number of hydrogen-bond donors (Lipinski definition) is 4. The van der Waals surface area contributed by atoms with Crippen molar-refractivity contribution in [2.45, 2.75) is 13.8 Å². The number of nitrogens with one attached hydrogen (secondary N) is 4. The van der Waals surface area contributed by atoms with Crippen molar-refractivity contribution < 1.29 is 14.3 Å². The van der Waals surface area contributed by atoms with E-state index in [9.17, 15) is 4.79 Å². The molecule has 0 radical (unpaired) electrons. The molecule has 0 unspecified atom stereocenters. The smallest absolute Gasteiger partial charge is 0.308 e. The highest BCUT2D eigenvalue weighted by molar-refractivity contribution is 7.80. The summed E-state index contributed by atoms with van der Waals surface area (Å²) in [5, 5.41) is 15.0. The molecule has 2 aromatic rings. The molecule has 1 fully saturated rings. The predicted octanol–water partition coefficient (Wildman–Crippen LogP) is 2.60. The van der Waals surface area contributed by atoms with Crippen LogP contribution in [-0.2, 0) is 14.3 Å². The summed E-state index contributed by atoms with van der Waals surface area (Å²) in [6.07, 6.45) is 1.85. The highest BCUT2D eigenvalue weighted by Crippen LogP contribution is 2.13. The largest absolute Gasteiger partial charge is 0.464 e. The summed E-state index contributed by atoms with van der Waals surface area (Å²) in [5.74, 6) is 0.526. The first-order valence-electron chi connectivity index (χ1n) is 10.9. The number of aromatic amines is 1. The lowest BCUT2D eigenvalue weighted by Crippen LogP contribution is -2.41. The molecule has 3 rings (SSSR count). The molecule has 0 spiro atoms. The lowest BCUT2D eigenvalue weighted by molar-refractivity contribution is -0.147. The molecule has 0 atom stereocenters. The molecule has 2 heterocycles. The van der Waals surface area contributed by atoms with E-state index >= 15 is 0 Å². The summed E-state index contributed by atoms with van der Waals surface area (Å²) in [4.78, 5) is 21.4. The number of aliphatic imine (C=N–C) groups is 1. The molecule has 0 aliphatic carbocycles. The fourth-order valence-electron chi connectivity index (χ4n) is 3.09. The van der Waals surface area contributed by atoms with Gasteiger partial charge in [-0.3, -0.25) is 10.2 Å². The SMILES string of the molecule is CC(C)C(=O)OCCNC(=S)Nc1ccc(C(=N)/N=C(\c2ccc[nH]2)N2CCOCC2)cc1. The van der Waals surface area contributed by atoms with Gasteiger partial charge in [-0.25, -0.2) is 4.99 Å². The van der Waals surface area contributed by atoms with E-state index in [1.807, 2.05) is 42.6 Å². The number of H-pyrrole nitrogens is 1. The van der Waals surface area contributed by atoms with Gasteiger partial charge < -0.3 is 30.0 Å². The molecule has 33 heavy (non-hydrogen) atoms. The maximum atomic E-state index is 11.5. The van der Waals surface area contributed by atoms with Crippen LogP contribution >= 0.6 is 12.2 Å². The first-order valence-corrected chi connectivity index (χ1v) is 11.3. The van der Waals surface area contributed by atoms with Crippen molar-refractivity contribution in [1.82, 2.24) is 15.2 Å². The Bertz CT molecular complexity index is 967. The maximum absolute atomic E-state index is 11.5. The summed E-state index contributed by atoms with van der Waals surface area (Å²) < 4.78 is 10.6. The van der Waals surface area contributed by atoms with Gasteiger partial charge in [0.25, 0.3) is 0 Å². The van der Waals surface area contributed by atoms with Gasteiger partial charge in [-0.1, -0.05) is 13.8 Å². The number of anilines is 1. The number of ether oxygens (including phenoxy) is 2. The molecule has 9 nitrogen and oxygen atoms in total. The average Bonchev–Trinajstić information content (AvgIpc) is 3.35. The van der Waals surface area contributed by atoms with Crippen LogP contribution < -0.4 is 10.6 Å². The Morgan fingerprint density at radius 3 is 2.64 bits per heavy atom. The van der Waals surface area contributed by atoms with Crippen molar-refractivity contribution >= 4 is 40.7 Å². The topological polar surface area (TPSA) is 115 Å². The normalized spacial score (nSPS) is 14.2. The molecule has 176 valence electrons. The van der Waals surface area contributed by atoms with Gasteiger partial charge in [0.05, 0.1) is 31.4 Å². The number of rotatable bonds is 7. The Morgan fingerprint density at radius 1 is 1.27 bits per heavy atom. The molecule has 4 N–H and O–H groups in total. The van der Waals surface area contributed by atoms with Crippen LogP contribution in [0.2, 0.25) is 0 Å². The van der Waals surface area contributed by atoms with Crippen molar-refractivity contribution in [3.05, 3.63) is 53.9 Å². The Hall–Kier alpha value is -3.24. The Kier molecular flexibility index (Phi) is 8.96. The first-order chi connectivity index (χ1) is 15.9. The second kappa shape index (κ2) is 12.1. The number of carbonyl (C=O) groups is 1. The first kappa shape index (κ1) is 24.4. The van der Waals surface area contributed by atoms with Crippen molar-refractivity contribution in [3.8, 4) is 0 Å². The van der Waals surface area contributed by atoms with Gasteiger partial charge in [0.15, 0.2) is 16.8 Å². The Balaban J connectivity index is 1.56. The van der Waals surface area contributed by atoms with Crippen LogP contribution in [0.3, 0.4) is 0 Å². The number of aromatic nitrogens is 1. The van der Waals surface area contributed by atoms with Crippen LogP contribution in [0, 0.1) is 11.3 Å². The standard InChI is InChI=1S/C23H30N6O3S/c1-16(2)22(30)32-13-10-26-23(33)27-18-7-5-17(6-8-18)20(24)28-21(19-4-3-9-25-19)29-11-14-31-15-12-29/h3-9,16,24-25H,10-15H2,1-2H3,(H2,26,27,33)/b24-20?,28-21+. The van der Waals surface area contributed by atoms with E-state index in [0.29, 0.717) is 30.4 Å². The van der Waals surface area contributed by atoms with E-state index in [1.54, 1.807) is 13.8 Å². The van der Waals surface area contributed by atoms with Gasteiger partial charge in [-0.15, -0.1) is 0 Å². The molecular weight excluding hydrogens is 440 g/mol. The molecule has 1 aliphatic rings. The molecule has 1 saturated heterocycles. The van der Waals surface area contributed by atoms with Gasteiger partial charge in [-0.2, -0.15) is 0 Å². The van der Waals surface area contributed by atoms with E-state index in [-0.39, 0.29) is 24.3 Å². The van der Waals surface area contributed by atoms with E-state index in [0.717, 1.165) is 30.3 Å². The number of morpholine rings is 1. The van der Waals surface area contributed by atoms with Gasteiger partial charge in [0.1, 0.15) is 6.61 Å². The second-order valence-electron chi connectivity index (χ2n) is 7.75. The van der Waals surface area contributed by atoms with Crippen LogP contribution in [0.5, 0.6) is 0 Å². The summed E-state index contributed by atoms with van der Waals surface area (Å²) in [7, 11) is 0. The fraction of sp³-hybridized carbons (Fsp3) is 0.391. The number of benzene rings is 1. The van der Waals surface area contributed by atoms with Crippen LogP contribution in [0.25, 0.3) is 0 Å². The second-order valence-corrected chi connectivity index (χ2v) is 8.16. The number of amidine groups is 2. The minimum atomic E-state index is -0.232. The van der Waals surface area contributed by atoms with E-state index in [2.05, 4.69) is 25.5 Å². The van der Waals surface area contributed by atoms with Gasteiger partial charge in [0.2, 0.25) is 0 Å². The minimum absolute atomic E-state index is 0.149. The highest BCUT2D eigenvalue weighted by Gasteiger charge is 2.18. The van der Waals surface area contributed by atoms with Crippen molar-refractivity contribution in [2.24, 2.45) is 10.9 Å². The van der Waals surface area contributed by atoms with E-state index < -0.39 is 0 Å². The fourth-order valence-corrected chi connectivity index (χ4v) is 3.31. The molecular formula is C23H30N6O3S. The van der Waals surface area contributed by atoms with Crippen molar-refractivity contribution in [1.29, 1.82) is 5.41 Å². The predicted molar refractivity (Wildman–Crippen MR) is 133 cm³/mol. The van der Waals surface area contributed by atoms with Crippen LogP contribution in [0.1, 0.15) is 25.1 Å². The number of hydrogen-bond acceptors (Lipinski definition) is 5. The van der Waals surface area contributed by atoms with E-state index in [4.69, 9.17) is 27.1 Å². The third-order valence-electron chi connectivity index (χ3n) is 4.89. The molecule has 1 aliphatic heterocycles. The van der Waals surface area contributed by atoms with Crippen LogP contribution in [-0.4, -0.2) is 72.1 Å². The Morgan fingerprint density at radius 2 is 2.00 bits per heavy atom. The van der Waals surface area contributed by atoms with E-state index in [1.165, 1.54) is 0 Å². The van der Waals surface area contributed by atoms with Crippen molar-refractivity contribution in [3.63, 3.8) is 0 Å². The zero-order valence-corrected chi connectivity index (χ0v) is 19.7. The van der Waals surface area contributed by atoms with Crippen LogP contribution in [0.15, 0.2) is 47.6 Å². The molecule has 1 aromatic carbocycles. The third kappa shape index (κ3) is 7.40. The van der Waals surface area contributed by atoms with Gasteiger partial charge in [-0.05, 0) is 48.6 Å². The summed E-state index contributed by atoms with van der Waals surface area (Å²) in [6, 6.07) is 11.2. The summed E-state index contributed by atoms with van der Waals surface area (Å²) in [6.45, 7) is 7.00. The lowest BCUT2D eigenvalue weighted by Gasteiger charge is -2.29. The zero-order valence-electron chi connectivity index (χ0n) is 18.9. The minimum Gasteiger partial charge on any atom is -0.464 e. The zero-order chi connectivity index (χ0) is 23.6. The Labute approximate surface area is 199 Å². The highest BCUT2D eigenvalue weighted by atomic mass is 32.1. The molecule has 0 saturated carbocycles. The number of carbonyl (C=O) groups excluding carboxylic acids is 1. The lowest BCUT2D eigenvalue weighted by atomic mass is 10.2. The number of esters is 1. The molecule has 0 amide bonds. The molecule has 0 bridgehead atoms. The van der Waals surface area contributed by atoms with Gasteiger partial charge in [0, 0.05) is 30.5 Å². The monoisotopic (exact) mass is 470 g/mol. The maximum Gasteiger partial charge on any atom is 0.308 e. The molecule has 1 aromatic heterocycles. The van der Waals surface area contributed by atoms with Crippen LogP contribution in [0.4, 0.5) is 5.69 Å². The van der Waals surface area contributed by atoms with Crippen molar-refractivity contribution in [2.75, 3.05) is 44.8 Å². The molecule has 10 heteroatoms. The van der Waals surface area contributed by atoms with Gasteiger partial charge >= 0.3 is 5.97 Å². The number of nitrogens with zero attached hydrogens (tertiary/aromatic N) is 2. The summed E-state index contributed by atoms with van der Waals surface area (Å²) >= 11 is 5.28.